The number of likely N-dealkylation sites (tertiary alicyclic amines) is 2. The van der Waals surface area contributed by atoms with Crippen molar-refractivity contribution in [2.75, 3.05) is 26.2 Å². The fourth-order valence-electron chi connectivity index (χ4n) is 3.77. The van der Waals surface area contributed by atoms with E-state index in [4.69, 9.17) is 5.11 Å². The van der Waals surface area contributed by atoms with Crippen molar-refractivity contribution < 1.29 is 15.0 Å². The van der Waals surface area contributed by atoms with Crippen LogP contribution in [0.2, 0.25) is 0 Å². The zero-order valence-electron chi connectivity index (χ0n) is 12.8. The van der Waals surface area contributed by atoms with E-state index in [1.54, 1.807) is 0 Å². The third-order valence-electron chi connectivity index (χ3n) is 5.35. The lowest BCUT2D eigenvalue weighted by Crippen LogP contribution is -2.56. The number of β-amino-alcohol motifs (C(OH)–C–C–N with tert-alkyl or cyclic N) is 1. The van der Waals surface area contributed by atoms with Crippen molar-refractivity contribution >= 4 is 6.09 Å². The van der Waals surface area contributed by atoms with E-state index in [-0.39, 0.29) is 12.0 Å². The Kier molecular flexibility index (Phi) is 4.36. The second-order valence-corrected chi connectivity index (χ2v) is 6.62. The molecular weight excluding hydrogens is 280 g/mol. The summed E-state index contributed by atoms with van der Waals surface area (Å²) in [4.78, 5) is 14.8. The molecule has 0 aliphatic carbocycles. The number of nitrogens with zero attached hydrogens (tertiary/aromatic N) is 2. The summed E-state index contributed by atoms with van der Waals surface area (Å²) in [6.45, 7) is 3.70. The first kappa shape index (κ1) is 15.3. The molecule has 1 aromatic rings. The lowest BCUT2D eigenvalue weighted by Gasteiger charge is -2.49. The molecule has 0 radical (unpaired) electrons. The van der Waals surface area contributed by atoms with Crippen molar-refractivity contribution in [2.45, 2.75) is 31.9 Å². The van der Waals surface area contributed by atoms with E-state index in [1.807, 2.05) is 6.07 Å². The summed E-state index contributed by atoms with van der Waals surface area (Å²) in [5.74, 6) is 0. The largest absolute Gasteiger partial charge is 0.465 e. The summed E-state index contributed by atoms with van der Waals surface area (Å²) in [5.41, 5.74) is 1.23. The Bertz CT molecular complexity index is 512. The van der Waals surface area contributed by atoms with Gasteiger partial charge in [0.2, 0.25) is 0 Å². The van der Waals surface area contributed by atoms with E-state index in [0.29, 0.717) is 6.54 Å². The van der Waals surface area contributed by atoms with E-state index in [1.165, 1.54) is 10.5 Å². The van der Waals surface area contributed by atoms with Crippen molar-refractivity contribution in [3.8, 4) is 0 Å². The number of piperidine rings is 2. The lowest BCUT2D eigenvalue weighted by atomic mass is 9.69. The van der Waals surface area contributed by atoms with Gasteiger partial charge in [0, 0.05) is 18.5 Å². The first-order chi connectivity index (χ1) is 10.6. The van der Waals surface area contributed by atoms with Gasteiger partial charge < -0.3 is 15.1 Å². The van der Waals surface area contributed by atoms with Gasteiger partial charge in [0.15, 0.2) is 0 Å². The van der Waals surface area contributed by atoms with Crippen LogP contribution in [-0.4, -0.2) is 58.4 Å². The fourth-order valence-corrected chi connectivity index (χ4v) is 3.77. The molecule has 1 aromatic carbocycles. The maximum atomic E-state index is 11.0. The highest BCUT2D eigenvalue weighted by Gasteiger charge is 2.44. The molecule has 1 spiro atoms. The fraction of sp³-hybridized carbons (Fsp3) is 0.588. The average Bonchev–Trinajstić information content (AvgIpc) is 2.53. The zero-order valence-corrected chi connectivity index (χ0v) is 12.8. The Morgan fingerprint density at radius 2 is 1.77 bits per heavy atom. The van der Waals surface area contributed by atoms with Crippen LogP contribution in [0.5, 0.6) is 0 Å². The molecule has 120 valence electrons. The van der Waals surface area contributed by atoms with Crippen LogP contribution >= 0.6 is 0 Å². The monoisotopic (exact) mass is 304 g/mol. The zero-order chi connectivity index (χ0) is 15.6. The maximum Gasteiger partial charge on any atom is 0.407 e. The minimum atomic E-state index is -0.921. The predicted molar refractivity (Wildman–Crippen MR) is 83.6 cm³/mol. The molecule has 1 atom stereocenters. The van der Waals surface area contributed by atoms with Gasteiger partial charge in [-0.25, -0.2) is 4.79 Å². The van der Waals surface area contributed by atoms with Gasteiger partial charge >= 0.3 is 6.09 Å². The molecule has 2 aliphatic rings. The molecule has 5 heteroatoms. The number of amides is 1. The molecular formula is C17H24N2O3. The highest BCUT2D eigenvalue weighted by molar-refractivity contribution is 5.65. The number of carboxylic acid groups (broad SMARTS) is 1. The standard InChI is InChI=1S/C17H24N2O3/c20-15-13-19(16(21)22)11-8-17(15)6-9-18(10-7-17)12-14-4-2-1-3-5-14/h1-5,15,20H,6-13H2,(H,21,22). The summed E-state index contributed by atoms with van der Waals surface area (Å²) in [5, 5.41) is 19.5. The van der Waals surface area contributed by atoms with Crippen LogP contribution in [0.25, 0.3) is 0 Å². The van der Waals surface area contributed by atoms with Gasteiger partial charge in [0.25, 0.3) is 0 Å². The molecule has 2 heterocycles. The first-order valence-corrected chi connectivity index (χ1v) is 8.01. The van der Waals surface area contributed by atoms with Crippen molar-refractivity contribution in [1.82, 2.24) is 9.80 Å². The Balaban J connectivity index is 1.56. The number of hydrogen-bond acceptors (Lipinski definition) is 3. The highest BCUT2D eigenvalue weighted by Crippen LogP contribution is 2.41. The van der Waals surface area contributed by atoms with Gasteiger partial charge in [-0.2, -0.15) is 0 Å². The van der Waals surface area contributed by atoms with Crippen LogP contribution in [0.3, 0.4) is 0 Å². The van der Waals surface area contributed by atoms with E-state index >= 15 is 0 Å². The van der Waals surface area contributed by atoms with Crippen LogP contribution in [0.4, 0.5) is 4.79 Å². The number of hydrogen-bond donors (Lipinski definition) is 2. The quantitative estimate of drug-likeness (QED) is 0.877. The van der Waals surface area contributed by atoms with E-state index in [9.17, 15) is 9.90 Å². The van der Waals surface area contributed by atoms with E-state index in [2.05, 4.69) is 29.2 Å². The van der Waals surface area contributed by atoms with E-state index in [0.717, 1.165) is 38.9 Å². The van der Waals surface area contributed by atoms with Crippen molar-refractivity contribution in [3.63, 3.8) is 0 Å². The topological polar surface area (TPSA) is 64.0 Å². The third kappa shape index (κ3) is 3.10. The molecule has 22 heavy (non-hydrogen) atoms. The SMILES string of the molecule is O=C(O)N1CCC2(CCN(Cc3ccccc3)CC2)C(O)C1. The number of rotatable bonds is 2. The second-order valence-electron chi connectivity index (χ2n) is 6.62. The molecule has 2 N–H and O–H groups in total. The van der Waals surface area contributed by atoms with Gasteiger partial charge in [-0.15, -0.1) is 0 Å². The van der Waals surface area contributed by atoms with Gasteiger partial charge in [-0.05, 0) is 37.9 Å². The molecule has 5 nitrogen and oxygen atoms in total. The van der Waals surface area contributed by atoms with Crippen LogP contribution < -0.4 is 0 Å². The molecule has 3 rings (SSSR count). The normalized spacial score (nSPS) is 25.3. The maximum absolute atomic E-state index is 11.0. The van der Waals surface area contributed by atoms with Gasteiger partial charge in [-0.1, -0.05) is 30.3 Å². The molecule has 1 unspecified atom stereocenters. The number of aliphatic hydroxyl groups is 1. The van der Waals surface area contributed by atoms with Crippen LogP contribution in [0, 0.1) is 5.41 Å². The molecule has 2 aliphatic heterocycles. The van der Waals surface area contributed by atoms with Crippen molar-refractivity contribution in [2.24, 2.45) is 5.41 Å². The van der Waals surface area contributed by atoms with Gasteiger partial charge in [0.05, 0.1) is 12.6 Å². The Morgan fingerprint density at radius 1 is 1.14 bits per heavy atom. The number of benzene rings is 1. The number of aliphatic hydroxyl groups excluding tert-OH is 1. The molecule has 2 saturated heterocycles. The van der Waals surface area contributed by atoms with Crippen LogP contribution in [0.1, 0.15) is 24.8 Å². The van der Waals surface area contributed by atoms with Crippen molar-refractivity contribution in [1.29, 1.82) is 0 Å². The minimum Gasteiger partial charge on any atom is -0.465 e. The Labute approximate surface area is 131 Å². The van der Waals surface area contributed by atoms with Crippen LogP contribution in [-0.2, 0) is 6.54 Å². The summed E-state index contributed by atoms with van der Waals surface area (Å²) in [6, 6.07) is 10.4. The summed E-state index contributed by atoms with van der Waals surface area (Å²) in [7, 11) is 0. The predicted octanol–water partition coefficient (Wildman–Crippen LogP) is 2.01. The smallest absolute Gasteiger partial charge is 0.407 e. The summed E-state index contributed by atoms with van der Waals surface area (Å²) < 4.78 is 0. The summed E-state index contributed by atoms with van der Waals surface area (Å²) >= 11 is 0. The van der Waals surface area contributed by atoms with E-state index < -0.39 is 12.2 Å². The highest BCUT2D eigenvalue weighted by atomic mass is 16.4. The molecule has 0 bridgehead atoms. The Morgan fingerprint density at radius 3 is 2.36 bits per heavy atom. The van der Waals surface area contributed by atoms with Gasteiger partial charge in [-0.3, -0.25) is 4.90 Å². The first-order valence-electron chi connectivity index (χ1n) is 8.01. The number of carbonyl (C=O) groups is 1. The lowest BCUT2D eigenvalue weighted by molar-refractivity contribution is -0.0727. The van der Waals surface area contributed by atoms with Crippen molar-refractivity contribution in [3.05, 3.63) is 35.9 Å². The molecule has 0 saturated carbocycles. The average molecular weight is 304 g/mol. The van der Waals surface area contributed by atoms with Crippen LogP contribution in [0.15, 0.2) is 30.3 Å². The molecule has 2 fully saturated rings. The Hall–Kier alpha value is -1.59. The molecule has 1 amide bonds. The molecule has 0 aromatic heterocycles. The third-order valence-corrected chi connectivity index (χ3v) is 5.35. The summed E-state index contributed by atoms with van der Waals surface area (Å²) in [6.07, 6.45) is 1.23. The second kappa shape index (κ2) is 6.26. The van der Waals surface area contributed by atoms with Gasteiger partial charge in [0.1, 0.15) is 0 Å². The minimum absolute atomic E-state index is 0.0842.